The second-order valence-corrected chi connectivity index (χ2v) is 3.45. The lowest BCUT2D eigenvalue weighted by Gasteiger charge is -2.14. The molecule has 0 aliphatic rings. The van der Waals surface area contributed by atoms with Crippen molar-refractivity contribution in [3.05, 3.63) is 28.0 Å². The number of halogens is 2. The molecule has 82 valence electrons. The van der Waals surface area contributed by atoms with Crippen LogP contribution in [0.15, 0.2) is 6.07 Å². The molecule has 0 heterocycles. The van der Waals surface area contributed by atoms with E-state index >= 15 is 0 Å². The van der Waals surface area contributed by atoms with Gasteiger partial charge in [0.05, 0.1) is 0 Å². The van der Waals surface area contributed by atoms with Crippen molar-refractivity contribution < 1.29 is 19.4 Å². The molecule has 0 radical (unpaired) electrons. The van der Waals surface area contributed by atoms with Crippen LogP contribution < -0.4 is 5.73 Å². The number of carboxylic acids is 1. The second-order valence-electron chi connectivity index (χ2n) is 3.04. The molecule has 1 rings (SSSR count). The summed E-state index contributed by atoms with van der Waals surface area (Å²) in [5, 5.41) is 18.0. The molecule has 4 nitrogen and oxygen atoms in total. The van der Waals surface area contributed by atoms with Crippen LogP contribution >= 0.6 is 11.6 Å². The van der Waals surface area contributed by atoms with Gasteiger partial charge in [0.25, 0.3) is 0 Å². The standard InChI is InChI=1S/C9H9ClFNO3/c1-3-4(10)2-5(11)8(13)6(3)7(12)9(14)15/h2,7,13H,12H2,1H3,(H,14,15). The molecule has 0 aliphatic carbocycles. The van der Waals surface area contributed by atoms with Crippen LogP contribution in [0.2, 0.25) is 5.02 Å². The Morgan fingerprint density at radius 2 is 2.20 bits per heavy atom. The Hall–Kier alpha value is -1.33. The first-order valence-electron chi connectivity index (χ1n) is 4.02. The quantitative estimate of drug-likeness (QED) is 0.724. The summed E-state index contributed by atoms with van der Waals surface area (Å²) in [6.45, 7) is 1.46. The van der Waals surface area contributed by atoms with E-state index in [1.54, 1.807) is 0 Å². The highest BCUT2D eigenvalue weighted by Crippen LogP contribution is 2.33. The average Bonchev–Trinajstić information content (AvgIpc) is 2.15. The maximum Gasteiger partial charge on any atom is 0.325 e. The first kappa shape index (κ1) is 11.7. The summed E-state index contributed by atoms with van der Waals surface area (Å²) in [6, 6.07) is -0.595. The molecule has 1 atom stereocenters. The zero-order valence-corrected chi connectivity index (χ0v) is 8.55. The predicted molar refractivity (Wildman–Crippen MR) is 52.4 cm³/mol. The monoisotopic (exact) mass is 233 g/mol. The molecular weight excluding hydrogens is 225 g/mol. The van der Waals surface area contributed by atoms with Crippen molar-refractivity contribution in [2.24, 2.45) is 5.73 Å². The first-order valence-corrected chi connectivity index (χ1v) is 4.40. The average molecular weight is 234 g/mol. The number of phenols is 1. The Morgan fingerprint density at radius 3 is 2.67 bits per heavy atom. The van der Waals surface area contributed by atoms with Gasteiger partial charge < -0.3 is 15.9 Å². The lowest BCUT2D eigenvalue weighted by Crippen LogP contribution is -2.22. The van der Waals surface area contributed by atoms with Gasteiger partial charge in [-0.05, 0) is 18.6 Å². The molecule has 0 saturated carbocycles. The molecule has 0 bridgehead atoms. The van der Waals surface area contributed by atoms with E-state index in [2.05, 4.69) is 0 Å². The number of hydrogen-bond acceptors (Lipinski definition) is 3. The van der Waals surface area contributed by atoms with Crippen molar-refractivity contribution in [3.8, 4) is 5.75 Å². The smallest absolute Gasteiger partial charge is 0.325 e. The van der Waals surface area contributed by atoms with Gasteiger partial charge in [0.15, 0.2) is 11.6 Å². The maximum atomic E-state index is 13.1. The first-order chi connectivity index (χ1) is 6.86. The van der Waals surface area contributed by atoms with Gasteiger partial charge in [-0.3, -0.25) is 4.79 Å². The molecular formula is C9H9ClFNO3. The van der Waals surface area contributed by atoms with Crippen LogP contribution in [0.25, 0.3) is 0 Å². The van der Waals surface area contributed by atoms with Crippen molar-refractivity contribution in [3.63, 3.8) is 0 Å². The van der Waals surface area contributed by atoms with Gasteiger partial charge in [-0.1, -0.05) is 11.6 Å². The Bertz CT molecular complexity index is 396. The van der Waals surface area contributed by atoms with E-state index in [0.29, 0.717) is 0 Å². The third kappa shape index (κ3) is 2.03. The number of carbonyl (C=O) groups is 1. The van der Waals surface area contributed by atoms with Gasteiger partial charge in [-0.15, -0.1) is 0 Å². The van der Waals surface area contributed by atoms with E-state index in [-0.39, 0.29) is 16.1 Å². The van der Waals surface area contributed by atoms with Crippen LogP contribution in [0, 0.1) is 12.7 Å². The molecule has 15 heavy (non-hydrogen) atoms. The highest BCUT2D eigenvalue weighted by molar-refractivity contribution is 6.31. The van der Waals surface area contributed by atoms with Crippen LogP contribution in [0.1, 0.15) is 17.2 Å². The highest BCUT2D eigenvalue weighted by atomic mass is 35.5. The van der Waals surface area contributed by atoms with Crippen molar-refractivity contribution in [2.75, 3.05) is 0 Å². The molecule has 4 N–H and O–H groups in total. The van der Waals surface area contributed by atoms with Crippen LogP contribution in [-0.4, -0.2) is 16.2 Å². The number of aliphatic carboxylic acids is 1. The number of benzene rings is 1. The summed E-state index contributed by atoms with van der Waals surface area (Å²) in [5.41, 5.74) is 5.35. The summed E-state index contributed by atoms with van der Waals surface area (Å²) >= 11 is 5.64. The highest BCUT2D eigenvalue weighted by Gasteiger charge is 2.24. The molecule has 0 saturated heterocycles. The second kappa shape index (κ2) is 4.04. The molecule has 0 aliphatic heterocycles. The van der Waals surface area contributed by atoms with E-state index in [0.717, 1.165) is 6.07 Å². The molecule has 1 aromatic rings. The molecule has 1 aromatic carbocycles. The fraction of sp³-hybridized carbons (Fsp3) is 0.222. The molecule has 1 unspecified atom stereocenters. The van der Waals surface area contributed by atoms with E-state index < -0.39 is 23.6 Å². The zero-order valence-electron chi connectivity index (χ0n) is 7.79. The minimum absolute atomic E-state index is 0.0250. The summed E-state index contributed by atoms with van der Waals surface area (Å²) in [7, 11) is 0. The zero-order chi connectivity index (χ0) is 11.7. The van der Waals surface area contributed by atoms with Crippen LogP contribution in [0.3, 0.4) is 0 Å². The number of aromatic hydroxyl groups is 1. The number of hydrogen-bond donors (Lipinski definition) is 3. The molecule has 0 fully saturated rings. The Morgan fingerprint density at radius 1 is 1.67 bits per heavy atom. The third-order valence-electron chi connectivity index (χ3n) is 2.07. The Balaban J connectivity index is 3.45. The van der Waals surface area contributed by atoms with Gasteiger partial charge in [0, 0.05) is 10.6 Å². The van der Waals surface area contributed by atoms with E-state index in [9.17, 15) is 14.3 Å². The normalized spacial score (nSPS) is 12.5. The van der Waals surface area contributed by atoms with Gasteiger partial charge in [-0.2, -0.15) is 0 Å². The fourth-order valence-electron chi connectivity index (χ4n) is 1.23. The molecule has 6 heteroatoms. The number of nitrogens with two attached hydrogens (primary N) is 1. The topological polar surface area (TPSA) is 83.5 Å². The van der Waals surface area contributed by atoms with Gasteiger partial charge in [0.1, 0.15) is 6.04 Å². The van der Waals surface area contributed by atoms with Gasteiger partial charge in [0.2, 0.25) is 0 Å². The van der Waals surface area contributed by atoms with Crippen molar-refractivity contribution >= 4 is 17.6 Å². The predicted octanol–water partition coefficient (Wildman–Crippen LogP) is 1.58. The minimum atomic E-state index is -1.50. The number of carboxylic acid groups (broad SMARTS) is 1. The molecule has 0 aromatic heterocycles. The van der Waals surface area contributed by atoms with E-state index in [1.807, 2.05) is 0 Å². The fourth-order valence-corrected chi connectivity index (χ4v) is 1.42. The lowest BCUT2D eigenvalue weighted by molar-refractivity contribution is -0.138. The van der Waals surface area contributed by atoms with Crippen LogP contribution in [0.5, 0.6) is 5.75 Å². The summed E-state index contributed by atoms with van der Waals surface area (Å²) in [4.78, 5) is 10.6. The largest absolute Gasteiger partial charge is 0.505 e. The Labute approximate surface area is 90.1 Å². The molecule has 0 spiro atoms. The maximum absolute atomic E-state index is 13.1. The third-order valence-corrected chi connectivity index (χ3v) is 2.47. The van der Waals surface area contributed by atoms with Crippen LogP contribution in [-0.2, 0) is 4.79 Å². The Kier molecular flexibility index (Phi) is 3.16. The van der Waals surface area contributed by atoms with Crippen molar-refractivity contribution in [1.29, 1.82) is 0 Å². The van der Waals surface area contributed by atoms with Gasteiger partial charge in [-0.25, -0.2) is 4.39 Å². The number of phenolic OH excluding ortho intramolecular Hbond substituents is 1. The summed E-state index contributed by atoms with van der Waals surface area (Å²) in [5.74, 6) is -3.13. The number of rotatable bonds is 2. The molecule has 0 amide bonds. The van der Waals surface area contributed by atoms with Crippen molar-refractivity contribution in [2.45, 2.75) is 13.0 Å². The van der Waals surface area contributed by atoms with E-state index in [1.165, 1.54) is 6.92 Å². The summed E-state index contributed by atoms with van der Waals surface area (Å²) < 4.78 is 13.1. The van der Waals surface area contributed by atoms with Crippen molar-refractivity contribution in [1.82, 2.24) is 0 Å². The van der Waals surface area contributed by atoms with E-state index in [4.69, 9.17) is 22.4 Å². The summed E-state index contributed by atoms with van der Waals surface area (Å²) in [6.07, 6.45) is 0. The SMILES string of the molecule is Cc1c(Cl)cc(F)c(O)c1C(N)C(=O)O. The van der Waals surface area contributed by atoms with Gasteiger partial charge >= 0.3 is 5.97 Å². The minimum Gasteiger partial charge on any atom is -0.505 e. The lowest BCUT2D eigenvalue weighted by atomic mass is 10.0. The van der Waals surface area contributed by atoms with Crippen LogP contribution in [0.4, 0.5) is 4.39 Å².